The molecule has 0 spiro atoms. The number of amides is 3. The van der Waals surface area contributed by atoms with Crippen LogP contribution < -0.4 is 16.0 Å². The zero-order valence-corrected chi connectivity index (χ0v) is 15.2. The third kappa shape index (κ3) is 5.44. The summed E-state index contributed by atoms with van der Waals surface area (Å²) in [5.41, 5.74) is 3.03. The maximum Gasteiger partial charge on any atom is 0.255 e. The molecule has 6 nitrogen and oxygen atoms in total. The fourth-order valence-electron chi connectivity index (χ4n) is 2.63. The molecule has 0 saturated heterocycles. The lowest BCUT2D eigenvalue weighted by molar-refractivity contribution is -0.115. The highest BCUT2D eigenvalue weighted by Crippen LogP contribution is 2.22. The minimum atomic E-state index is -0.313. The van der Waals surface area contributed by atoms with Crippen molar-refractivity contribution in [2.75, 3.05) is 16.0 Å². The Hall–Kier alpha value is -3.15. The third-order valence-corrected chi connectivity index (χ3v) is 3.62. The van der Waals surface area contributed by atoms with E-state index in [-0.39, 0.29) is 17.7 Å². The van der Waals surface area contributed by atoms with Gasteiger partial charge in [0.05, 0.1) is 0 Å². The molecule has 26 heavy (non-hydrogen) atoms. The largest absolute Gasteiger partial charge is 0.326 e. The van der Waals surface area contributed by atoms with Crippen LogP contribution in [0.3, 0.4) is 0 Å². The number of nitrogens with one attached hydrogen (secondary N) is 3. The van der Waals surface area contributed by atoms with Crippen molar-refractivity contribution in [2.45, 2.75) is 33.6 Å². The van der Waals surface area contributed by atoms with Gasteiger partial charge in [0.25, 0.3) is 5.91 Å². The SMILES string of the molecule is CCCc1ccccc1NC(=O)c1cc(NC(C)=O)cc(NC(C)=O)c1. The Morgan fingerprint density at radius 3 is 1.96 bits per heavy atom. The second kappa shape index (κ2) is 8.80. The van der Waals surface area contributed by atoms with Gasteiger partial charge in [-0.1, -0.05) is 31.5 Å². The van der Waals surface area contributed by atoms with Crippen molar-refractivity contribution >= 4 is 34.8 Å². The summed E-state index contributed by atoms with van der Waals surface area (Å²) in [6, 6.07) is 12.4. The van der Waals surface area contributed by atoms with Crippen LogP contribution in [0.5, 0.6) is 0 Å². The molecule has 0 heterocycles. The van der Waals surface area contributed by atoms with Gasteiger partial charge in [-0.05, 0) is 36.2 Å². The van der Waals surface area contributed by atoms with Gasteiger partial charge in [0.15, 0.2) is 0 Å². The Kier molecular flexibility index (Phi) is 6.49. The second-order valence-electron chi connectivity index (χ2n) is 6.02. The summed E-state index contributed by atoms with van der Waals surface area (Å²) in [6.07, 6.45) is 1.83. The molecule has 0 unspecified atom stereocenters. The Bertz CT molecular complexity index is 797. The predicted octanol–water partition coefficient (Wildman–Crippen LogP) is 3.81. The summed E-state index contributed by atoms with van der Waals surface area (Å²) in [7, 11) is 0. The number of hydrogen-bond donors (Lipinski definition) is 3. The van der Waals surface area contributed by atoms with Crippen LogP contribution in [-0.2, 0) is 16.0 Å². The third-order valence-electron chi connectivity index (χ3n) is 3.62. The molecule has 0 aromatic heterocycles. The van der Waals surface area contributed by atoms with E-state index in [1.165, 1.54) is 13.8 Å². The molecule has 3 N–H and O–H groups in total. The van der Waals surface area contributed by atoms with Gasteiger partial charge in [-0.25, -0.2) is 0 Å². The monoisotopic (exact) mass is 353 g/mol. The van der Waals surface area contributed by atoms with E-state index < -0.39 is 0 Å². The minimum absolute atomic E-state index is 0.260. The van der Waals surface area contributed by atoms with Gasteiger partial charge < -0.3 is 16.0 Å². The van der Waals surface area contributed by atoms with E-state index in [9.17, 15) is 14.4 Å². The van der Waals surface area contributed by atoms with Crippen molar-refractivity contribution in [3.05, 3.63) is 53.6 Å². The minimum Gasteiger partial charge on any atom is -0.326 e. The number of rotatable bonds is 6. The summed E-state index contributed by atoms with van der Waals surface area (Å²) < 4.78 is 0. The highest BCUT2D eigenvalue weighted by atomic mass is 16.2. The first-order chi connectivity index (χ1) is 12.4. The number of aryl methyl sites for hydroxylation is 1. The fraction of sp³-hybridized carbons (Fsp3) is 0.250. The Balaban J connectivity index is 2.32. The van der Waals surface area contributed by atoms with Crippen molar-refractivity contribution in [3.8, 4) is 0 Å². The maximum atomic E-state index is 12.7. The molecule has 2 aromatic carbocycles. The summed E-state index contributed by atoms with van der Waals surface area (Å²) >= 11 is 0. The molecule has 0 atom stereocenters. The topological polar surface area (TPSA) is 87.3 Å². The zero-order valence-electron chi connectivity index (χ0n) is 15.2. The first kappa shape index (κ1) is 19.2. The summed E-state index contributed by atoms with van der Waals surface area (Å²) in [4.78, 5) is 35.4. The molecule has 0 saturated carbocycles. The van der Waals surface area contributed by atoms with Crippen LogP contribution in [0, 0.1) is 0 Å². The van der Waals surface area contributed by atoms with E-state index >= 15 is 0 Å². The zero-order chi connectivity index (χ0) is 19.1. The van der Waals surface area contributed by atoms with E-state index in [4.69, 9.17) is 0 Å². The highest BCUT2D eigenvalue weighted by molar-refractivity contribution is 6.07. The molecular formula is C20H23N3O3. The molecule has 0 aliphatic carbocycles. The Labute approximate surface area is 153 Å². The smallest absolute Gasteiger partial charge is 0.255 e. The maximum absolute atomic E-state index is 12.7. The predicted molar refractivity (Wildman–Crippen MR) is 103 cm³/mol. The van der Waals surface area contributed by atoms with E-state index in [0.717, 1.165) is 24.1 Å². The average Bonchev–Trinajstić information content (AvgIpc) is 2.55. The second-order valence-corrected chi connectivity index (χ2v) is 6.02. The van der Waals surface area contributed by atoms with Gasteiger partial charge >= 0.3 is 0 Å². The van der Waals surface area contributed by atoms with E-state index in [1.54, 1.807) is 18.2 Å². The van der Waals surface area contributed by atoms with E-state index in [2.05, 4.69) is 22.9 Å². The Morgan fingerprint density at radius 2 is 1.42 bits per heavy atom. The highest BCUT2D eigenvalue weighted by Gasteiger charge is 2.12. The van der Waals surface area contributed by atoms with Crippen LogP contribution in [0.2, 0.25) is 0 Å². The first-order valence-corrected chi connectivity index (χ1v) is 8.48. The van der Waals surface area contributed by atoms with E-state index in [0.29, 0.717) is 16.9 Å². The van der Waals surface area contributed by atoms with Crippen LogP contribution in [0.1, 0.15) is 43.1 Å². The molecule has 0 radical (unpaired) electrons. The average molecular weight is 353 g/mol. The lowest BCUT2D eigenvalue weighted by Crippen LogP contribution is -2.16. The van der Waals surface area contributed by atoms with Crippen LogP contribution in [-0.4, -0.2) is 17.7 Å². The number of carbonyl (C=O) groups is 3. The van der Waals surface area contributed by atoms with E-state index in [1.807, 2.05) is 24.3 Å². The van der Waals surface area contributed by atoms with Crippen molar-refractivity contribution < 1.29 is 14.4 Å². The Morgan fingerprint density at radius 1 is 0.846 bits per heavy atom. The van der Waals surface area contributed by atoms with Crippen molar-refractivity contribution in [1.29, 1.82) is 0 Å². The fourth-order valence-corrected chi connectivity index (χ4v) is 2.63. The van der Waals surface area contributed by atoms with Gasteiger partial charge in [-0.2, -0.15) is 0 Å². The molecule has 2 rings (SSSR count). The number of benzene rings is 2. The van der Waals surface area contributed by atoms with Crippen LogP contribution in [0.25, 0.3) is 0 Å². The first-order valence-electron chi connectivity index (χ1n) is 8.48. The number of hydrogen-bond acceptors (Lipinski definition) is 3. The summed E-state index contributed by atoms with van der Waals surface area (Å²) in [5.74, 6) is -0.832. The van der Waals surface area contributed by atoms with Crippen LogP contribution in [0.4, 0.5) is 17.1 Å². The molecule has 3 amide bonds. The lowest BCUT2D eigenvalue weighted by Gasteiger charge is -2.13. The molecule has 6 heteroatoms. The molecule has 0 aliphatic rings. The number of para-hydroxylation sites is 1. The van der Waals surface area contributed by atoms with Crippen molar-refractivity contribution in [3.63, 3.8) is 0 Å². The normalized spacial score (nSPS) is 10.1. The summed E-state index contributed by atoms with van der Waals surface area (Å²) in [6.45, 7) is 4.84. The van der Waals surface area contributed by atoms with Crippen LogP contribution in [0.15, 0.2) is 42.5 Å². The van der Waals surface area contributed by atoms with Gasteiger partial charge in [-0.15, -0.1) is 0 Å². The molecule has 136 valence electrons. The van der Waals surface area contributed by atoms with Gasteiger partial charge in [-0.3, -0.25) is 14.4 Å². The van der Waals surface area contributed by atoms with Gasteiger partial charge in [0, 0.05) is 36.5 Å². The molecule has 2 aromatic rings. The standard InChI is InChI=1S/C20H23N3O3/c1-4-7-15-8-5-6-9-19(15)23-20(26)16-10-17(21-13(2)24)12-18(11-16)22-14(3)25/h5-6,8-12H,4,7H2,1-3H3,(H,21,24)(H,22,25)(H,23,26). The molecule has 0 fully saturated rings. The van der Waals surface area contributed by atoms with Gasteiger partial charge in [0.1, 0.15) is 0 Å². The van der Waals surface area contributed by atoms with Crippen molar-refractivity contribution in [2.24, 2.45) is 0 Å². The molecule has 0 bridgehead atoms. The molecular weight excluding hydrogens is 330 g/mol. The van der Waals surface area contributed by atoms with Gasteiger partial charge in [0.2, 0.25) is 11.8 Å². The lowest BCUT2D eigenvalue weighted by atomic mass is 10.1. The number of anilines is 3. The summed E-state index contributed by atoms with van der Waals surface area (Å²) in [5, 5.41) is 8.19. The van der Waals surface area contributed by atoms with Crippen LogP contribution >= 0.6 is 0 Å². The molecule has 0 aliphatic heterocycles. The van der Waals surface area contributed by atoms with Crippen molar-refractivity contribution in [1.82, 2.24) is 0 Å². The number of carbonyl (C=O) groups excluding carboxylic acids is 3. The quantitative estimate of drug-likeness (QED) is 0.738.